The van der Waals surface area contributed by atoms with Crippen LogP contribution in [0, 0.1) is 0 Å². The first-order valence-electron chi connectivity index (χ1n) is 10.4. The number of ketones is 2. The van der Waals surface area contributed by atoms with Gasteiger partial charge in [0.05, 0.1) is 11.1 Å². The summed E-state index contributed by atoms with van der Waals surface area (Å²) in [6.45, 7) is 1.97. The molecule has 2 aliphatic rings. The minimum Gasteiger partial charge on any atom is -0.478 e. The number of ether oxygens (including phenoxy) is 1. The van der Waals surface area contributed by atoms with Crippen molar-refractivity contribution < 1.29 is 18.7 Å². The van der Waals surface area contributed by atoms with Gasteiger partial charge in [-0.05, 0) is 24.1 Å². The highest BCUT2D eigenvalue weighted by Gasteiger charge is 2.36. The van der Waals surface area contributed by atoms with Gasteiger partial charge < -0.3 is 9.15 Å². The van der Waals surface area contributed by atoms with Crippen molar-refractivity contribution in [2.45, 2.75) is 13.0 Å². The zero-order valence-electron chi connectivity index (χ0n) is 16.8. The summed E-state index contributed by atoms with van der Waals surface area (Å²) in [5.41, 5.74) is 3.92. The highest BCUT2D eigenvalue weighted by atomic mass is 16.5. The Morgan fingerprint density at radius 1 is 0.839 bits per heavy atom. The van der Waals surface area contributed by atoms with Crippen LogP contribution in [0.15, 0.2) is 71.1 Å². The highest BCUT2D eigenvalue weighted by Crippen LogP contribution is 2.40. The summed E-state index contributed by atoms with van der Waals surface area (Å²) in [5.74, 6) is 0.467. The predicted molar refractivity (Wildman–Crippen MR) is 116 cm³/mol. The molecule has 0 radical (unpaired) electrons. The van der Waals surface area contributed by atoms with Gasteiger partial charge in [-0.25, -0.2) is 0 Å². The molecule has 0 N–H and O–H groups in total. The number of carbonyl (C=O) groups is 2. The molecule has 31 heavy (non-hydrogen) atoms. The van der Waals surface area contributed by atoms with Crippen LogP contribution in [0.5, 0.6) is 5.75 Å². The molecule has 0 saturated heterocycles. The molecule has 3 aromatic carbocycles. The van der Waals surface area contributed by atoms with E-state index < -0.39 is 0 Å². The Morgan fingerprint density at radius 2 is 1.58 bits per heavy atom. The van der Waals surface area contributed by atoms with Gasteiger partial charge in [-0.3, -0.25) is 14.5 Å². The molecule has 6 rings (SSSR count). The van der Waals surface area contributed by atoms with Gasteiger partial charge in [-0.15, -0.1) is 0 Å². The van der Waals surface area contributed by atoms with Crippen molar-refractivity contribution >= 4 is 22.5 Å². The third-order valence-electron chi connectivity index (χ3n) is 6.11. The molecule has 5 heteroatoms. The van der Waals surface area contributed by atoms with Crippen LogP contribution in [0.1, 0.15) is 43.2 Å². The zero-order valence-corrected chi connectivity index (χ0v) is 16.8. The molecule has 0 amide bonds. The number of hydrogen-bond acceptors (Lipinski definition) is 5. The van der Waals surface area contributed by atoms with E-state index in [4.69, 9.17) is 9.15 Å². The number of benzene rings is 3. The fraction of sp³-hybridized carbons (Fsp3) is 0.154. The first kappa shape index (κ1) is 18.1. The molecule has 0 bridgehead atoms. The normalized spacial score (nSPS) is 15.4. The summed E-state index contributed by atoms with van der Waals surface area (Å²) >= 11 is 0. The van der Waals surface area contributed by atoms with E-state index in [2.05, 4.69) is 17.0 Å². The average Bonchev–Trinajstić information content (AvgIpc) is 3.22. The van der Waals surface area contributed by atoms with Gasteiger partial charge in [-0.2, -0.15) is 0 Å². The Morgan fingerprint density at radius 3 is 2.39 bits per heavy atom. The number of hydrogen-bond donors (Lipinski definition) is 0. The lowest BCUT2D eigenvalue weighted by Crippen LogP contribution is -2.33. The first-order valence-corrected chi connectivity index (χ1v) is 10.4. The molecular weight excluding hydrogens is 390 g/mol. The molecule has 0 spiro atoms. The number of fused-ring (bicyclic) bond motifs is 6. The van der Waals surface area contributed by atoms with E-state index in [1.54, 1.807) is 24.3 Å². The van der Waals surface area contributed by atoms with Crippen molar-refractivity contribution in [3.05, 3.63) is 100 Å². The van der Waals surface area contributed by atoms with Crippen molar-refractivity contribution in [3.63, 3.8) is 0 Å². The lowest BCUT2D eigenvalue weighted by Gasteiger charge is -2.29. The second kappa shape index (κ2) is 6.93. The summed E-state index contributed by atoms with van der Waals surface area (Å²) in [4.78, 5) is 28.4. The van der Waals surface area contributed by atoms with Crippen LogP contribution in [0.2, 0.25) is 0 Å². The summed E-state index contributed by atoms with van der Waals surface area (Å²) < 4.78 is 12.0. The molecule has 1 aromatic heterocycles. The van der Waals surface area contributed by atoms with E-state index in [0.717, 1.165) is 24.3 Å². The van der Waals surface area contributed by atoms with E-state index in [0.29, 0.717) is 40.9 Å². The van der Waals surface area contributed by atoms with Crippen LogP contribution >= 0.6 is 0 Å². The SMILES string of the molecule is O=C1c2ccccc2C(=O)c2c1oc1c3c(ccc21)OCN(CCc1ccccc1)C3. The molecule has 2 heterocycles. The number of carbonyl (C=O) groups excluding carboxylic acids is 2. The van der Waals surface area contributed by atoms with Crippen molar-refractivity contribution in [1.29, 1.82) is 0 Å². The van der Waals surface area contributed by atoms with Crippen molar-refractivity contribution in [3.8, 4) is 5.75 Å². The van der Waals surface area contributed by atoms with E-state index in [9.17, 15) is 9.59 Å². The van der Waals surface area contributed by atoms with Gasteiger partial charge in [0.2, 0.25) is 5.78 Å². The van der Waals surface area contributed by atoms with Crippen LogP contribution in [0.3, 0.4) is 0 Å². The average molecular weight is 409 g/mol. The van der Waals surface area contributed by atoms with E-state index >= 15 is 0 Å². The van der Waals surface area contributed by atoms with Crippen LogP contribution in [-0.4, -0.2) is 29.7 Å². The molecule has 152 valence electrons. The summed E-state index contributed by atoms with van der Waals surface area (Å²) in [6, 6.07) is 20.9. The Balaban J connectivity index is 1.38. The van der Waals surface area contributed by atoms with Gasteiger partial charge in [0.15, 0.2) is 11.5 Å². The maximum atomic E-state index is 13.2. The fourth-order valence-electron chi connectivity index (χ4n) is 4.51. The number of rotatable bonds is 3. The molecule has 0 saturated carbocycles. The molecule has 1 aliphatic heterocycles. The van der Waals surface area contributed by atoms with Crippen LogP contribution in [-0.2, 0) is 13.0 Å². The quantitative estimate of drug-likeness (QED) is 0.436. The van der Waals surface area contributed by atoms with Crippen LogP contribution in [0.25, 0.3) is 11.0 Å². The van der Waals surface area contributed by atoms with Gasteiger partial charge in [0.25, 0.3) is 0 Å². The number of furan rings is 1. The minimum absolute atomic E-state index is 0.133. The van der Waals surface area contributed by atoms with Gasteiger partial charge in [0, 0.05) is 29.6 Å². The van der Waals surface area contributed by atoms with Crippen molar-refractivity contribution in [2.24, 2.45) is 0 Å². The van der Waals surface area contributed by atoms with Crippen molar-refractivity contribution in [1.82, 2.24) is 4.90 Å². The van der Waals surface area contributed by atoms with Crippen molar-refractivity contribution in [2.75, 3.05) is 13.3 Å². The molecule has 5 nitrogen and oxygen atoms in total. The zero-order chi connectivity index (χ0) is 20.9. The van der Waals surface area contributed by atoms with E-state index in [1.807, 2.05) is 30.3 Å². The van der Waals surface area contributed by atoms with Gasteiger partial charge in [0.1, 0.15) is 18.1 Å². The number of nitrogens with zero attached hydrogens (tertiary/aromatic N) is 1. The molecule has 0 unspecified atom stereocenters. The highest BCUT2D eigenvalue weighted by molar-refractivity contribution is 6.31. The van der Waals surface area contributed by atoms with E-state index in [-0.39, 0.29) is 17.3 Å². The molecule has 1 aliphatic carbocycles. The minimum atomic E-state index is -0.243. The fourth-order valence-corrected chi connectivity index (χ4v) is 4.51. The summed E-state index contributed by atoms with van der Waals surface area (Å²) in [6.07, 6.45) is 0.913. The Bertz CT molecular complexity index is 1350. The van der Waals surface area contributed by atoms with Crippen LogP contribution < -0.4 is 4.74 Å². The molecule has 4 aromatic rings. The molecular formula is C26H19NO4. The maximum Gasteiger partial charge on any atom is 0.229 e. The van der Waals surface area contributed by atoms with E-state index in [1.165, 1.54) is 5.56 Å². The topological polar surface area (TPSA) is 59.8 Å². The van der Waals surface area contributed by atoms with Gasteiger partial charge in [-0.1, -0.05) is 54.6 Å². The monoisotopic (exact) mass is 409 g/mol. The smallest absolute Gasteiger partial charge is 0.229 e. The molecule has 0 fully saturated rings. The summed E-state index contributed by atoms with van der Waals surface area (Å²) in [5, 5.41) is 0.676. The Hall–Kier alpha value is -3.70. The standard InChI is InChI=1S/C26H19NO4/c28-23-17-8-4-5-9-18(17)24(29)26-22(23)19-10-11-21-20(25(19)31-26)14-27(15-30-21)13-12-16-6-2-1-3-7-16/h1-11H,12-15H2. The third kappa shape index (κ3) is 2.81. The predicted octanol–water partition coefficient (Wildman–Crippen LogP) is 4.60. The summed E-state index contributed by atoms with van der Waals surface area (Å²) in [7, 11) is 0. The second-order valence-corrected chi connectivity index (χ2v) is 7.99. The second-order valence-electron chi connectivity index (χ2n) is 7.99. The van der Waals surface area contributed by atoms with Gasteiger partial charge >= 0.3 is 0 Å². The largest absolute Gasteiger partial charge is 0.478 e. The first-order chi connectivity index (χ1) is 15.2. The maximum absolute atomic E-state index is 13.2. The lowest BCUT2D eigenvalue weighted by molar-refractivity contribution is 0.0953. The third-order valence-corrected chi connectivity index (χ3v) is 6.11. The van der Waals surface area contributed by atoms with Crippen LogP contribution in [0.4, 0.5) is 0 Å². The Kier molecular flexibility index (Phi) is 4.04. The molecule has 0 atom stereocenters. The lowest BCUT2D eigenvalue weighted by atomic mass is 9.87. The Labute approximate surface area is 178 Å².